The van der Waals surface area contributed by atoms with Gasteiger partial charge in [0.1, 0.15) is 5.78 Å². The Balaban J connectivity index is 2.01. The zero-order valence-corrected chi connectivity index (χ0v) is 11.2. The Morgan fingerprint density at radius 2 is 1.95 bits per heavy atom. The number of ketones is 1. The molecule has 1 aliphatic rings. The zero-order valence-electron chi connectivity index (χ0n) is 11.2. The van der Waals surface area contributed by atoms with Crippen molar-refractivity contribution < 1.29 is 22.7 Å². The predicted octanol–water partition coefficient (Wildman–Crippen LogP) is 3.63. The van der Waals surface area contributed by atoms with E-state index in [0.29, 0.717) is 18.6 Å². The number of carbonyl (C=O) groups excluding carboxylic acids is 1. The summed E-state index contributed by atoms with van der Waals surface area (Å²) in [5, 5.41) is 0. The molecule has 1 aromatic rings. The summed E-state index contributed by atoms with van der Waals surface area (Å²) in [7, 11) is 0. The largest absolute Gasteiger partial charge is 0.416 e. The average Bonchev–Trinajstić information content (AvgIpc) is 2.86. The summed E-state index contributed by atoms with van der Waals surface area (Å²) < 4.78 is 42.8. The van der Waals surface area contributed by atoms with Crippen molar-refractivity contribution in [3.05, 3.63) is 35.4 Å². The van der Waals surface area contributed by atoms with Crippen LogP contribution in [0.1, 0.15) is 30.9 Å². The zero-order chi connectivity index (χ0) is 14.8. The standard InChI is InChI=1S/C15H17F3O2/c1-2-14-12(7-8-20-14)13(19)9-10-3-5-11(6-4-10)15(16,17)18/h3-6,12,14H,2,7-9H2,1H3. The van der Waals surface area contributed by atoms with E-state index < -0.39 is 11.7 Å². The van der Waals surface area contributed by atoms with Gasteiger partial charge in [0.05, 0.1) is 11.7 Å². The Morgan fingerprint density at radius 3 is 2.50 bits per heavy atom. The molecule has 1 aliphatic heterocycles. The summed E-state index contributed by atoms with van der Waals surface area (Å²) in [5.74, 6) is -0.0728. The summed E-state index contributed by atoms with van der Waals surface area (Å²) >= 11 is 0. The van der Waals surface area contributed by atoms with Crippen molar-refractivity contribution in [1.82, 2.24) is 0 Å². The fourth-order valence-corrected chi connectivity index (χ4v) is 2.56. The van der Waals surface area contributed by atoms with Crippen molar-refractivity contribution in [3.63, 3.8) is 0 Å². The van der Waals surface area contributed by atoms with E-state index in [4.69, 9.17) is 4.74 Å². The molecule has 0 radical (unpaired) electrons. The van der Waals surface area contributed by atoms with Gasteiger partial charge in [-0.25, -0.2) is 0 Å². The quantitative estimate of drug-likeness (QED) is 0.845. The van der Waals surface area contributed by atoms with E-state index >= 15 is 0 Å². The summed E-state index contributed by atoms with van der Waals surface area (Å²) in [4.78, 5) is 12.2. The number of hydrogen-bond acceptors (Lipinski definition) is 2. The van der Waals surface area contributed by atoms with Gasteiger partial charge in [-0.3, -0.25) is 4.79 Å². The minimum Gasteiger partial charge on any atom is -0.377 e. The van der Waals surface area contributed by atoms with E-state index in [2.05, 4.69) is 0 Å². The highest BCUT2D eigenvalue weighted by molar-refractivity contribution is 5.84. The van der Waals surface area contributed by atoms with Crippen molar-refractivity contribution in [2.75, 3.05) is 6.61 Å². The third kappa shape index (κ3) is 3.39. The molecular weight excluding hydrogens is 269 g/mol. The van der Waals surface area contributed by atoms with E-state index in [9.17, 15) is 18.0 Å². The number of ether oxygens (including phenoxy) is 1. The van der Waals surface area contributed by atoms with E-state index in [1.807, 2.05) is 6.92 Å². The first-order valence-corrected chi connectivity index (χ1v) is 6.72. The van der Waals surface area contributed by atoms with Gasteiger partial charge in [0, 0.05) is 18.9 Å². The van der Waals surface area contributed by atoms with Crippen molar-refractivity contribution in [2.45, 2.75) is 38.5 Å². The van der Waals surface area contributed by atoms with Crippen LogP contribution in [0.4, 0.5) is 13.2 Å². The first-order valence-electron chi connectivity index (χ1n) is 6.72. The van der Waals surface area contributed by atoms with Crippen LogP contribution in [0.3, 0.4) is 0 Å². The third-order valence-corrected chi connectivity index (χ3v) is 3.69. The van der Waals surface area contributed by atoms with Crippen molar-refractivity contribution in [2.24, 2.45) is 5.92 Å². The molecular formula is C15H17F3O2. The minimum atomic E-state index is -4.34. The molecule has 2 rings (SSSR count). The molecule has 0 aromatic heterocycles. The Labute approximate surface area is 115 Å². The smallest absolute Gasteiger partial charge is 0.377 e. The van der Waals surface area contributed by atoms with Crippen LogP contribution in [0.15, 0.2) is 24.3 Å². The number of Topliss-reactive ketones (excluding diaryl/α,β-unsaturated/α-hetero) is 1. The first kappa shape index (κ1) is 15.0. The molecule has 2 unspecified atom stereocenters. The fraction of sp³-hybridized carbons (Fsp3) is 0.533. The Kier molecular flexibility index (Phi) is 4.48. The number of carbonyl (C=O) groups is 1. The number of halogens is 3. The summed E-state index contributed by atoms with van der Waals surface area (Å²) in [5.41, 5.74) is -0.0749. The Bertz CT molecular complexity index is 465. The van der Waals surface area contributed by atoms with Crippen LogP contribution in [0.25, 0.3) is 0 Å². The lowest BCUT2D eigenvalue weighted by Gasteiger charge is -2.15. The number of benzene rings is 1. The molecule has 5 heteroatoms. The van der Waals surface area contributed by atoms with Gasteiger partial charge in [0.2, 0.25) is 0 Å². The molecule has 1 aromatic carbocycles. The molecule has 1 saturated heterocycles. The molecule has 0 saturated carbocycles. The van der Waals surface area contributed by atoms with Gasteiger partial charge in [-0.2, -0.15) is 13.2 Å². The number of rotatable bonds is 4. The van der Waals surface area contributed by atoms with Gasteiger partial charge in [-0.1, -0.05) is 19.1 Å². The van der Waals surface area contributed by atoms with Gasteiger partial charge < -0.3 is 4.74 Å². The SMILES string of the molecule is CCC1OCCC1C(=O)Cc1ccc(C(F)(F)F)cc1. The van der Waals surface area contributed by atoms with Crippen LogP contribution in [0.2, 0.25) is 0 Å². The lowest BCUT2D eigenvalue weighted by molar-refractivity contribution is -0.137. The van der Waals surface area contributed by atoms with Crippen LogP contribution in [-0.4, -0.2) is 18.5 Å². The molecule has 0 bridgehead atoms. The van der Waals surface area contributed by atoms with Gasteiger partial charge in [0.15, 0.2) is 0 Å². The van der Waals surface area contributed by atoms with Crippen molar-refractivity contribution >= 4 is 5.78 Å². The molecule has 0 spiro atoms. The van der Waals surface area contributed by atoms with Gasteiger partial charge in [-0.05, 0) is 30.5 Å². The Hall–Kier alpha value is -1.36. The first-order chi connectivity index (χ1) is 9.41. The third-order valence-electron chi connectivity index (χ3n) is 3.69. The van der Waals surface area contributed by atoms with Crippen LogP contribution in [-0.2, 0) is 22.1 Å². The van der Waals surface area contributed by atoms with E-state index in [1.165, 1.54) is 12.1 Å². The van der Waals surface area contributed by atoms with Gasteiger partial charge >= 0.3 is 6.18 Å². The second-order valence-corrected chi connectivity index (χ2v) is 5.05. The average molecular weight is 286 g/mol. The fourth-order valence-electron chi connectivity index (χ4n) is 2.56. The van der Waals surface area contributed by atoms with Crippen LogP contribution >= 0.6 is 0 Å². The topological polar surface area (TPSA) is 26.3 Å². The minimum absolute atomic E-state index is 0.0445. The van der Waals surface area contributed by atoms with E-state index in [1.54, 1.807) is 0 Å². The van der Waals surface area contributed by atoms with Crippen molar-refractivity contribution in [3.8, 4) is 0 Å². The molecule has 20 heavy (non-hydrogen) atoms. The molecule has 2 nitrogen and oxygen atoms in total. The van der Waals surface area contributed by atoms with Crippen LogP contribution in [0, 0.1) is 5.92 Å². The maximum atomic E-state index is 12.4. The van der Waals surface area contributed by atoms with E-state index in [-0.39, 0.29) is 24.2 Å². The van der Waals surface area contributed by atoms with Gasteiger partial charge in [0.25, 0.3) is 0 Å². The van der Waals surface area contributed by atoms with Crippen molar-refractivity contribution in [1.29, 1.82) is 0 Å². The van der Waals surface area contributed by atoms with E-state index in [0.717, 1.165) is 18.6 Å². The lowest BCUT2D eigenvalue weighted by atomic mass is 9.91. The van der Waals surface area contributed by atoms with Crippen LogP contribution in [0.5, 0.6) is 0 Å². The molecule has 0 amide bonds. The molecule has 2 atom stereocenters. The van der Waals surface area contributed by atoms with Crippen LogP contribution < -0.4 is 0 Å². The lowest BCUT2D eigenvalue weighted by Crippen LogP contribution is -2.25. The summed E-state index contributed by atoms with van der Waals surface area (Å²) in [6.07, 6.45) is -2.73. The highest BCUT2D eigenvalue weighted by Gasteiger charge is 2.33. The second kappa shape index (κ2) is 5.95. The highest BCUT2D eigenvalue weighted by Crippen LogP contribution is 2.30. The molecule has 0 aliphatic carbocycles. The number of alkyl halides is 3. The molecule has 1 heterocycles. The molecule has 0 N–H and O–H groups in total. The van der Waals surface area contributed by atoms with Gasteiger partial charge in [-0.15, -0.1) is 0 Å². The summed E-state index contributed by atoms with van der Waals surface area (Å²) in [6.45, 7) is 2.55. The predicted molar refractivity (Wildman–Crippen MR) is 68.3 cm³/mol. The number of hydrogen-bond donors (Lipinski definition) is 0. The maximum Gasteiger partial charge on any atom is 0.416 e. The molecule has 1 fully saturated rings. The normalized spacial score (nSPS) is 23.0. The summed E-state index contributed by atoms with van der Waals surface area (Å²) in [6, 6.07) is 4.78. The molecule has 110 valence electrons. The Morgan fingerprint density at radius 1 is 1.30 bits per heavy atom. The second-order valence-electron chi connectivity index (χ2n) is 5.05. The highest BCUT2D eigenvalue weighted by atomic mass is 19.4. The maximum absolute atomic E-state index is 12.4. The monoisotopic (exact) mass is 286 g/mol.